The van der Waals surface area contributed by atoms with Crippen molar-refractivity contribution in [2.75, 3.05) is 20.6 Å². The van der Waals surface area contributed by atoms with Gasteiger partial charge in [0.15, 0.2) is 0 Å². The van der Waals surface area contributed by atoms with Crippen molar-refractivity contribution in [3.8, 4) is 0 Å². The smallest absolute Gasteiger partial charge is 0.0370 e. The molecule has 0 bridgehead atoms. The molecule has 1 unspecified atom stereocenters. The van der Waals surface area contributed by atoms with Crippen molar-refractivity contribution in [3.63, 3.8) is 0 Å². The molecule has 1 aliphatic carbocycles. The summed E-state index contributed by atoms with van der Waals surface area (Å²) in [7, 11) is 4.45. The molecule has 2 nitrogen and oxygen atoms in total. The molecule has 0 radical (unpaired) electrons. The Kier molecular flexibility index (Phi) is 6.66. The van der Waals surface area contributed by atoms with E-state index in [1.807, 2.05) is 0 Å². The lowest BCUT2D eigenvalue weighted by molar-refractivity contribution is 0.157. The normalized spacial score (nSPS) is 22.0. The Morgan fingerprint density at radius 1 is 0.880 bits per heavy atom. The molecule has 2 aromatic rings. The Hall–Kier alpha value is -1.64. The molecule has 2 aromatic carbocycles. The van der Waals surface area contributed by atoms with Crippen LogP contribution in [0, 0.1) is 5.92 Å². The fourth-order valence-electron chi connectivity index (χ4n) is 4.35. The van der Waals surface area contributed by atoms with Gasteiger partial charge in [-0.1, -0.05) is 60.7 Å². The Morgan fingerprint density at radius 2 is 1.48 bits per heavy atom. The predicted octanol–water partition coefficient (Wildman–Crippen LogP) is 4.68. The van der Waals surface area contributed by atoms with Crippen LogP contribution < -0.4 is 5.32 Å². The molecular weight excluding hydrogens is 304 g/mol. The summed E-state index contributed by atoms with van der Waals surface area (Å²) in [6.45, 7) is 1.09. The molecule has 2 heteroatoms. The van der Waals surface area contributed by atoms with Crippen molar-refractivity contribution in [1.82, 2.24) is 10.2 Å². The Morgan fingerprint density at radius 3 is 2.08 bits per heavy atom. The molecule has 1 atom stereocenters. The topological polar surface area (TPSA) is 15.3 Å². The van der Waals surface area contributed by atoms with Crippen molar-refractivity contribution in [1.29, 1.82) is 0 Å². The number of benzene rings is 2. The zero-order chi connectivity index (χ0) is 17.5. The average molecular weight is 337 g/mol. The molecule has 1 aliphatic rings. The van der Waals surface area contributed by atoms with E-state index in [9.17, 15) is 0 Å². The van der Waals surface area contributed by atoms with E-state index in [4.69, 9.17) is 0 Å². The van der Waals surface area contributed by atoms with Crippen LogP contribution in [0.5, 0.6) is 0 Å². The van der Waals surface area contributed by atoms with Crippen molar-refractivity contribution in [2.24, 2.45) is 5.92 Å². The number of hydrogen-bond donors (Lipinski definition) is 1. The highest BCUT2D eigenvalue weighted by atomic mass is 15.1. The van der Waals surface area contributed by atoms with E-state index in [0.717, 1.165) is 18.9 Å². The first kappa shape index (κ1) is 18.2. The van der Waals surface area contributed by atoms with E-state index < -0.39 is 0 Å². The number of nitrogens with one attached hydrogen (secondary N) is 1. The van der Waals surface area contributed by atoms with Crippen molar-refractivity contribution in [2.45, 2.75) is 44.2 Å². The third-order valence-electron chi connectivity index (χ3n) is 5.61. The third kappa shape index (κ3) is 5.17. The Balaban J connectivity index is 1.47. The van der Waals surface area contributed by atoms with Crippen molar-refractivity contribution in [3.05, 3.63) is 71.8 Å². The first-order valence-electron chi connectivity index (χ1n) is 9.72. The summed E-state index contributed by atoms with van der Waals surface area (Å²) in [6.07, 6.45) is 6.37. The second-order valence-electron chi connectivity index (χ2n) is 7.62. The molecule has 25 heavy (non-hydrogen) atoms. The van der Waals surface area contributed by atoms with E-state index >= 15 is 0 Å². The maximum Gasteiger partial charge on any atom is 0.0370 e. The summed E-state index contributed by atoms with van der Waals surface area (Å²) in [5.41, 5.74) is 2.90. The van der Waals surface area contributed by atoms with Gasteiger partial charge in [-0.05, 0) is 69.8 Å². The van der Waals surface area contributed by atoms with E-state index in [2.05, 4.69) is 85.0 Å². The number of nitrogens with zero attached hydrogens (tertiary/aromatic N) is 1. The minimum Gasteiger partial charge on any atom is -0.314 e. The fourth-order valence-corrected chi connectivity index (χ4v) is 4.35. The van der Waals surface area contributed by atoms with Gasteiger partial charge in [0.25, 0.3) is 0 Å². The highest BCUT2D eigenvalue weighted by Crippen LogP contribution is 2.37. The van der Waals surface area contributed by atoms with Gasteiger partial charge in [0.2, 0.25) is 0 Å². The van der Waals surface area contributed by atoms with Gasteiger partial charge in [0.1, 0.15) is 0 Å². The van der Waals surface area contributed by atoms with Crippen LogP contribution in [0.4, 0.5) is 0 Å². The molecule has 1 saturated carbocycles. The zero-order valence-electron chi connectivity index (χ0n) is 15.7. The van der Waals surface area contributed by atoms with Gasteiger partial charge >= 0.3 is 0 Å². The van der Waals surface area contributed by atoms with Gasteiger partial charge < -0.3 is 10.2 Å². The molecule has 0 heterocycles. The van der Waals surface area contributed by atoms with E-state index in [1.54, 1.807) is 0 Å². The van der Waals surface area contributed by atoms with Gasteiger partial charge in [-0.25, -0.2) is 0 Å². The van der Waals surface area contributed by atoms with Crippen LogP contribution >= 0.6 is 0 Å². The lowest BCUT2D eigenvalue weighted by atomic mass is 9.78. The largest absolute Gasteiger partial charge is 0.314 e. The Labute approximate surface area is 153 Å². The molecule has 3 rings (SSSR count). The zero-order valence-corrected chi connectivity index (χ0v) is 15.7. The summed E-state index contributed by atoms with van der Waals surface area (Å²) in [5.74, 6) is 0.768. The summed E-state index contributed by atoms with van der Waals surface area (Å²) in [6, 6.07) is 23.1. The third-order valence-corrected chi connectivity index (χ3v) is 5.61. The first-order chi connectivity index (χ1) is 12.2. The van der Waals surface area contributed by atoms with Gasteiger partial charge in [0.05, 0.1) is 0 Å². The summed E-state index contributed by atoms with van der Waals surface area (Å²) < 4.78 is 0. The average Bonchev–Trinajstić information content (AvgIpc) is 2.65. The fraction of sp³-hybridized carbons (Fsp3) is 0.478. The van der Waals surface area contributed by atoms with E-state index in [1.165, 1.54) is 36.8 Å². The number of hydrogen-bond acceptors (Lipinski definition) is 2. The van der Waals surface area contributed by atoms with Crippen LogP contribution in [0.1, 0.15) is 42.9 Å². The maximum atomic E-state index is 3.78. The summed E-state index contributed by atoms with van der Waals surface area (Å²) >= 11 is 0. The van der Waals surface area contributed by atoms with Gasteiger partial charge in [-0.15, -0.1) is 0 Å². The molecule has 134 valence electrons. The predicted molar refractivity (Wildman–Crippen MR) is 107 cm³/mol. The van der Waals surface area contributed by atoms with Gasteiger partial charge in [-0.3, -0.25) is 0 Å². The van der Waals surface area contributed by atoms with Crippen LogP contribution in [-0.4, -0.2) is 31.6 Å². The van der Waals surface area contributed by atoms with Crippen molar-refractivity contribution < 1.29 is 0 Å². The van der Waals surface area contributed by atoms with Crippen LogP contribution in [0.3, 0.4) is 0 Å². The van der Waals surface area contributed by atoms with Crippen LogP contribution in [0.2, 0.25) is 0 Å². The minimum absolute atomic E-state index is 0.548. The van der Waals surface area contributed by atoms with Crippen LogP contribution in [0.15, 0.2) is 60.7 Å². The Bertz CT molecular complexity index is 601. The summed E-state index contributed by atoms with van der Waals surface area (Å²) in [5, 5.41) is 3.78. The minimum atomic E-state index is 0.548. The van der Waals surface area contributed by atoms with E-state index in [0.29, 0.717) is 12.1 Å². The lowest BCUT2D eigenvalue weighted by Crippen LogP contribution is -2.37. The van der Waals surface area contributed by atoms with Crippen LogP contribution in [0.25, 0.3) is 0 Å². The molecule has 0 saturated heterocycles. The second kappa shape index (κ2) is 9.17. The molecule has 1 N–H and O–H groups in total. The molecule has 1 fully saturated rings. The van der Waals surface area contributed by atoms with Crippen molar-refractivity contribution >= 4 is 0 Å². The number of rotatable bonds is 7. The molecule has 0 aliphatic heterocycles. The SMILES string of the molecule is CN(C)C(c1ccccc1)C1CCC(NCCc2ccccc2)CC1. The quantitative estimate of drug-likeness (QED) is 0.790. The van der Waals surface area contributed by atoms with E-state index in [-0.39, 0.29) is 0 Å². The molecule has 0 spiro atoms. The lowest BCUT2D eigenvalue weighted by Gasteiger charge is -2.38. The highest BCUT2D eigenvalue weighted by molar-refractivity contribution is 5.20. The highest BCUT2D eigenvalue weighted by Gasteiger charge is 2.29. The van der Waals surface area contributed by atoms with Gasteiger partial charge in [-0.2, -0.15) is 0 Å². The van der Waals surface area contributed by atoms with Gasteiger partial charge in [0, 0.05) is 12.1 Å². The molecule has 0 amide bonds. The molecular formula is C23H32N2. The van der Waals surface area contributed by atoms with Crippen LogP contribution in [-0.2, 0) is 6.42 Å². The monoisotopic (exact) mass is 336 g/mol. The first-order valence-corrected chi connectivity index (χ1v) is 9.72. The standard InChI is InChI=1S/C23H32N2/c1-25(2)23(20-11-7-4-8-12-20)21-13-15-22(16-14-21)24-18-17-19-9-5-3-6-10-19/h3-12,21-24H,13-18H2,1-2H3. The second-order valence-corrected chi connectivity index (χ2v) is 7.62. The summed E-state index contributed by atoms with van der Waals surface area (Å²) in [4.78, 5) is 2.41. The molecule has 0 aromatic heterocycles. The maximum absolute atomic E-state index is 3.78.